The number of likely N-dealkylation sites (N-methyl/N-ethyl adjacent to an activating group) is 1. The van der Waals surface area contributed by atoms with Gasteiger partial charge in [-0.25, -0.2) is 0 Å². The largest absolute Gasteiger partial charge is 0.756 e. The summed E-state index contributed by atoms with van der Waals surface area (Å²) in [6.45, 7) is 3.96. The first-order chi connectivity index (χ1) is 48.0. The van der Waals surface area contributed by atoms with E-state index in [0.717, 1.165) is 173 Å². The molecule has 0 aromatic rings. The standard InChI is InChI=1S/C88H138NO8P/c1-6-8-10-12-14-16-18-20-22-24-26-28-30-32-34-36-38-40-42-43-44-45-47-49-51-53-55-57-59-61-63-65-67-69-71-73-75-77-79-81-88(91)97-86(85-96-98(92,93)95-83-82-89(3,4)5)84-94-87(90)80-78-76-74-72-70-68-66-64-62-60-58-56-54-52-50-48-46-41-39-37-35-33-31-29-27-25-23-21-19-17-15-13-11-9-7-2/h8-11,14-17,20-23,26-29,32-35,38-41,43-44,47-50,53-56,59-62,86H,6-7,12-13,18-19,24-25,30-31,36-37,42,45-46,51-52,57-58,63-85H2,1-5H3/b10-8-,11-9-,16-14-,17-15-,22-20-,23-21-,28-26-,29-27-,34-32-,35-33-,40-38-,41-39-,44-43-,49-47-,50-48-,55-53-,56-54-,61-59-,62-60-. The first-order valence-electron chi connectivity index (χ1n) is 38.1. The van der Waals surface area contributed by atoms with Crippen LogP contribution in [0, 0.1) is 0 Å². The van der Waals surface area contributed by atoms with Crippen LogP contribution in [-0.2, 0) is 32.7 Å². The Morgan fingerprint density at radius 1 is 0.316 bits per heavy atom. The molecule has 0 aliphatic carbocycles. The second kappa shape index (κ2) is 75.3. The van der Waals surface area contributed by atoms with Gasteiger partial charge in [0.2, 0.25) is 0 Å². The summed E-state index contributed by atoms with van der Waals surface area (Å²) in [6.07, 6.45) is 121. The van der Waals surface area contributed by atoms with Crippen LogP contribution in [0.2, 0.25) is 0 Å². The van der Waals surface area contributed by atoms with E-state index in [1.165, 1.54) is 44.9 Å². The van der Waals surface area contributed by atoms with Crippen molar-refractivity contribution in [2.75, 3.05) is 47.5 Å². The molecule has 98 heavy (non-hydrogen) atoms. The molecule has 0 fully saturated rings. The molecule has 0 aromatic carbocycles. The fourth-order valence-electron chi connectivity index (χ4n) is 9.44. The predicted molar refractivity (Wildman–Crippen MR) is 424 cm³/mol. The third kappa shape index (κ3) is 79.1. The molecular weight excluding hydrogens is 1230 g/mol. The first-order valence-corrected chi connectivity index (χ1v) is 39.6. The smallest absolute Gasteiger partial charge is 0.306 e. The summed E-state index contributed by atoms with van der Waals surface area (Å²) in [7, 11) is 1.12. The lowest BCUT2D eigenvalue weighted by molar-refractivity contribution is -0.870. The van der Waals surface area contributed by atoms with Gasteiger partial charge in [0, 0.05) is 12.8 Å². The number of quaternary nitrogens is 1. The van der Waals surface area contributed by atoms with Crippen molar-refractivity contribution < 1.29 is 42.1 Å². The van der Waals surface area contributed by atoms with Crippen LogP contribution in [0.1, 0.15) is 258 Å². The van der Waals surface area contributed by atoms with Crippen molar-refractivity contribution in [3.63, 3.8) is 0 Å². The van der Waals surface area contributed by atoms with E-state index in [0.29, 0.717) is 23.9 Å². The van der Waals surface area contributed by atoms with Crippen molar-refractivity contribution in [1.82, 2.24) is 0 Å². The average Bonchev–Trinajstić information content (AvgIpc) is 1.23. The molecule has 0 aliphatic heterocycles. The Labute approximate surface area is 600 Å². The van der Waals surface area contributed by atoms with Crippen molar-refractivity contribution in [1.29, 1.82) is 0 Å². The zero-order valence-corrected chi connectivity index (χ0v) is 63.3. The number of nitrogens with zero attached hydrogens (tertiary/aromatic N) is 1. The lowest BCUT2D eigenvalue weighted by Crippen LogP contribution is -2.37. The van der Waals surface area contributed by atoms with Crippen LogP contribution in [0.5, 0.6) is 0 Å². The molecule has 9 nitrogen and oxygen atoms in total. The van der Waals surface area contributed by atoms with Gasteiger partial charge in [-0.2, -0.15) is 0 Å². The van der Waals surface area contributed by atoms with Crippen molar-refractivity contribution >= 4 is 19.8 Å². The zero-order valence-electron chi connectivity index (χ0n) is 62.4. The molecule has 0 spiro atoms. The minimum atomic E-state index is -4.67. The number of phosphoric ester groups is 1. The molecule has 10 heteroatoms. The van der Waals surface area contributed by atoms with Gasteiger partial charge in [-0.15, -0.1) is 0 Å². The van der Waals surface area contributed by atoms with Crippen LogP contribution >= 0.6 is 7.82 Å². The van der Waals surface area contributed by atoms with Gasteiger partial charge in [-0.1, -0.05) is 315 Å². The summed E-state index contributed by atoms with van der Waals surface area (Å²) in [5, 5.41) is 0. The van der Waals surface area contributed by atoms with E-state index in [-0.39, 0.29) is 26.1 Å². The highest BCUT2D eigenvalue weighted by Crippen LogP contribution is 2.38. The second-order valence-electron chi connectivity index (χ2n) is 25.5. The van der Waals surface area contributed by atoms with Crippen LogP contribution in [0.15, 0.2) is 231 Å². The summed E-state index contributed by atoms with van der Waals surface area (Å²) in [4.78, 5) is 38.2. The minimum absolute atomic E-state index is 0.0472. The SMILES string of the molecule is CC/C=C\C/C=C\C/C=C\C/C=C\C/C=C\C/C=C\C/C=C\C/C=C\C/C=C\C/C=C\CCCCCCCCCCC(=O)OC(COC(=O)CCCCCCCCC/C=C\C/C=C\C/C=C\C/C=C\C/C=C\C/C=C\C/C=C\C/C=C\C/C=C\CC)COP(=O)([O-])OCC[N+](C)(C)C. The number of rotatable bonds is 67. The van der Waals surface area contributed by atoms with E-state index in [1.807, 2.05) is 21.1 Å². The highest BCUT2D eigenvalue weighted by atomic mass is 31.2. The Balaban J connectivity index is 4.17. The minimum Gasteiger partial charge on any atom is -0.756 e. The van der Waals surface area contributed by atoms with Gasteiger partial charge in [-0.3, -0.25) is 14.2 Å². The molecule has 2 unspecified atom stereocenters. The van der Waals surface area contributed by atoms with E-state index >= 15 is 0 Å². The summed E-state index contributed by atoms with van der Waals surface area (Å²) in [6, 6.07) is 0. The molecule has 0 N–H and O–H groups in total. The summed E-state index contributed by atoms with van der Waals surface area (Å²) >= 11 is 0. The summed E-state index contributed by atoms with van der Waals surface area (Å²) < 4.78 is 34.3. The number of esters is 2. The van der Waals surface area contributed by atoms with Crippen LogP contribution in [0.3, 0.4) is 0 Å². The second-order valence-corrected chi connectivity index (χ2v) is 27.0. The Kier molecular flexibility index (Phi) is 70.7. The van der Waals surface area contributed by atoms with E-state index in [4.69, 9.17) is 18.5 Å². The lowest BCUT2D eigenvalue weighted by atomic mass is 10.1. The molecule has 0 bridgehead atoms. The van der Waals surface area contributed by atoms with Gasteiger partial charge in [0.25, 0.3) is 7.82 Å². The van der Waals surface area contributed by atoms with E-state index in [1.54, 1.807) is 0 Å². The molecule has 2 atom stereocenters. The normalized spacial score (nSPS) is 14.4. The van der Waals surface area contributed by atoms with Crippen LogP contribution in [0.25, 0.3) is 0 Å². The van der Waals surface area contributed by atoms with Gasteiger partial charge in [0.05, 0.1) is 27.7 Å². The molecule has 0 saturated heterocycles. The Morgan fingerprint density at radius 3 is 0.816 bits per heavy atom. The summed E-state index contributed by atoms with van der Waals surface area (Å²) in [5.41, 5.74) is 0. The quantitative estimate of drug-likeness (QED) is 0.0195. The molecule has 0 saturated carbocycles. The van der Waals surface area contributed by atoms with E-state index in [2.05, 4.69) is 245 Å². The molecule has 0 heterocycles. The molecular formula is C88H138NO8P. The van der Waals surface area contributed by atoms with Gasteiger partial charge in [0.1, 0.15) is 19.8 Å². The van der Waals surface area contributed by atoms with Gasteiger partial charge >= 0.3 is 11.9 Å². The number of phosphoric acid groups is 1. The fraction of sp³-hybridized carbons (Fsp3) is 0.545. The maximum Gasteiger partial charge on any atom is 0.306 e. The van der Waals surface area contributed by atoms with Crippen molar-refractivity contribution in [3.8, 4) is 0 Å². The maximum atomic E-state index is 12.9. The Hall–Kier alpha value is -5.93. The fourth-order valence-corrected chi connectivity index (χ4v) is 10.2. The van der Waals surface area contributed by atoms with Crippen LogP contribution in [-0.4, -0.2) is 70.0 Å². The zero-order chi connectivity index (χ0) is 71.1. The summed E-state index contributed by atoms with van der Waals surface area (Å²) in [5.74, 6) is -0.872. The Bertz CT molecular complexity index is 2510. The predicted octanol–water partition coefficient (Wildman–Crippen LogP) is 25.1. The molecule has 0 aliphatic rings. The number of carbonyl (C=O) groups is 2. The van der Waals surface area contributed by atoms with Gasteiger partial charge in [0.15, 0.2) is 6.10 Å². The maximum absolute atomic E-state index is 12.9. The van der Waals surface area contributed by atoms with Crippen molar-refractivity contribution in [3.05, 3.63) is 231 Å². The number of unbranched alkanes of at least 4 members (excludes halogenated alkanes) is 15. The third-order valence-corrected chi connectivity index (χ3v) is 16.1. The monoisotopic (exact) mass is 1370 g/mol. The lowest BCUT2D eigenvalue weighted by Gasteiger charge is -2.28. The number of ether oxygens (including phenoxy) is 2. The van der Waals surface area contributed by atoms with E-state index < -0.39 is 32.5 Å². The number of allylic oxidation sites excluding steroid dienone is 38. The van der Waals surface area contributed by atoms with E-state index in [9.17, 15) is 19.0 Å². The first kappa shape index (κ1) is 92.1. The van der Waals surface area contributed by atoms with Gasteiger partial charge in [-0.05, 0) is 161 Å². The number of hydrogen-bond acceptors (Lipinski definition) is 8. The highest BCUT2D eigenvalue weighted by molar-refractivity contribution is 7.45. The molecule has 0 aromatic heterocycles. The Morgan fingerprint density at radius 2 is 0.551 bits per heavy atom. The van der Waals surface area contributed by atoms with Crippen LogP contribution < -0.4 is 4.89 Å². The van der Waals surface area contributed by atoms with Crippen molar-refractivity contribution in [2.24, 2.45) is 0 Å². The highest BCUT2D eigenvalue weighted by Gasteiger charge is 2.22. The van der Waals surface area contributed by atoms with Crippen LogP contribution in [0.4, 0.5) is 0 Å². The third-order valence-electron chi connectivity index (χ3n) is 15.2. The number of hydrogen-bond donors (Lipinski definition) is 0. The molecule has 0 amide bonds. The number of carbonyl (C=O) groups excluding carboxylic acids is 2. The van der Waals surface area contributed by atoms with Crippen molar-refractivity contribution in [2.45, 2.75) is 264 Å². The van der Waals surface area contributed by atoms with Gasteiger partial charge < -0.3 is 27.9 Å². The topological polar surface area (TPSA) is 111 Å². The molecule has 0 rings (SSSR count). The molecule has 0 radical (unpaired) electrons. The molecule has 548 valence electrons. The average molecular weight is 1370 g/mol.